The van der Waals surface area contributed by atoms with Crippen LogP contribution in [0.25, 0.3) is 0 Å². The lowest BCUT2D eigenvalue weighted by Crippen LogP contribution is -2.06. The van der Waals surface area contributed by atoms with Crippen molar-refractivity contribution in [1.82, 2.24) is 9.97 Å². The summed E-state index contributed by atoms with van der Waals surface area (Å²) < 4.78 is 6.61. The fraction of sp³-hybridized carbons (Fsp3) is 0.333. The van der Waals surface area contributed by atoms with Crippen molar-refractivity contribution in [3.05, 3.63) is 46.1 Å². The minimum Gasteiger partial charge on any atom is -0.478 e. The second-order valence-electron chi connectivity index (χ2n) is 4.50. The number of aryl methyl sites for hydroxylation is 1. The Labute approximate surface area is 127 Å². The molecule has 1 aromatic heterocycles. The second kappa shape index (κ2) is 7.24. The van der Waals surface area contributed by atoms with Crippen LogP contribution in [0.5, 0.6) is 5.88 Å². The molecule has 0 bridgehead atoms. The molecule has 1 aromatic carbocycles. The van der Waals surface area contributed by atoms with Crippen molar-refractivity contribution in [2.24, 2.45) is 0 Å². The van der Waals surface area contributed by atoms with Gasteiger partial charge in [-0.1, -0.05) is 35.0 Å². The van der Waals surface area contributed by atoms with Crippen LogP contribution in [0.2, 0.25) is 0 Å². The zero-order chi connectivity index (χ0) is 14.4. The molecule has 0 radical (unpaired) electrons. The van der Waals surface area contributed by atoms with Crippen LogP contribution in [0.3, 0.4) is 0 Å². The van der Waals surface area contributed by atoms with Gasteiger partial charge in [0.05, 0.1) is 6.61 Å². The van der Waals surface area contributed by atoms with Crippen LogP contribution in [0.4, 0.5) is 5.95 Å². The molecule has 0 aliphatic carbocycles. The first kappa shape index (κ1) is 14.8. The summed E-state index contributed by atoms with van der Waals surface area (Å²) in [5, 5.41) is 3.22. The third kappa shape index (κ3) is 4.49. The lowest BCUT2D eigenvalue weighted by atomic mass is 10.2. The Morgan fingerprint density at radius 1 is 1.25 bits per heavy atom. The molecule has 0 amide bonds. The molecule has 0 unspecified atom stereocenters. The van der Waals surface area contributed by atoms with E-state index in [0.29, 0.717) is 25.0 Å². The van der Waals surface area contributed by atoms with Crippen LogP contribution < -0.4 is 10.1 Å². The summed E-state index contributed by atoms with van der Waals surface area (Å²) in [6.45, 7) is 5.35. The maximum Gasteiger partial charge on any atom is 0.226 e. The number of nitrogens with zero attached hydrogens (tertiary/aromatic N) is 2. The highest BCUT2D eigenvalue weighted by molar-refractivity contribution is 9.10. The average Bonchev–Trinajstić information content (AvgIpc) is 2.42. The maximum atomic E-state index is 5.55. The Balaban J connectivity index is 2.03. The van der Waals surface area contributed by atoms with Crippen LogP contribution in [0.15, 0.2) is 34.8 Å². The third-order valence-electron chi connectivity index (χ3n) is 2.62. The number of benzene rings is 1. The molecule has 4 nitrogen and oxygen atoms in total. The summed E-state index contributed by atoms with van der Waals surface area (Å²) in [7, 11) is 0. The van der Waals surface area contributed by atoms with Crippen LogP contribution in [0.1, 0.15) is 24.6 Å². The van der Waals surface area contributed by atoms with Gasteiger partial charge in [-0.2, -0.15) is 4.98 Å². The third-order valence-corrected chi connectivity index (χ3v) is 3.12. The second-order valence-corrected chi connectivity index (χ2v) is 5.42. The Bertz CT molecular complexity index is 575. The van der Waals surface area contributed by atoms with E-state index in [-0.39, 0.29) is 0 Å². The number of nitrogens with one attached hydrogen (secondary N) is 1. The van der Waals surface area contributed by atoms with Crippen LogP contribution in [-0.2, 0) is 6.54 Å². The molecule has 0 atom stereocenters. The summed E-state index contributed by atoms with van der Waals surface area (Å²) in [5.74, 6) is 1.21. The normalized spacial score (nSPS) is 10.3. The van der Waals surface area contributed by atoms with E-state index in [1.54, 1.807) is 0 Å². The van der Waals surface area contributed by atoms with Crippen molar-refractivity contribution in [1.29, 1.82) is 0 Å². The standard InChI is InChI=1S/C15H18BrN3O/c1-3-7-20-14-8-11(2)18-15(19-14)17-10-12-5-4-6-13(16)9-12/h4-6,8-9H,3,7,10H2,1-2H3,(H,17,18,19). The first-order valence-corrected chi connectivity index (χ1v) is 7.43. The van der Waals surface area contributed by atoms with Crippen molar-refractivity contribution >= 4 is 21.9 Å². The molecule has 1 heterocycles. The van der Waals surface area contributed by atoms with Crippen molar-refractivity contribution in [3.63, 3.8) is 0 Å². The molecule has 2 rings (SSSR count). The molecule has 1 N–H and O–H groups in total. The van der Waals surface area contributed by atoms with Gasteiger partial charge in [-0.25, -0.2) is 4.98 Å². The number of ether oxygens (including phenoxy) is 1. The van der Waals surface area contributed by atoms with Crippen LogP contribution >= 0.6 is 15.9 Å². The molecule has 20 heavy (non-hydrogen) atoms. The smallest absolute Gasteiger partial charge is 0.226 e. The fourth-order valence-electron chi connectivity index (χ4n) is 1.73. The summed E-state index contributed by atoms with van der Waals surface area (Å²) in [5.41, 5.74) is 2.06. The topological polar surface area (TPSA) is 47.0 Å². The summed E-state index contributed by atoms with van der Waals surface area (Å²) in [6, 6.07) is 9.98. The molecule has 0 aliphatic rings. The number of aromatic nitrogens is 2. The van der Waals surface area contributed by atoms with Gasteiger partial charge >= 0.3 is 0 Å². The Kier molecular flexibility index (Phi) is 5.35. The molecule has 0 aliphatic heterocycles. The summed E-state index contributed by atoms with van der Waals surface area (Å²) >= 11 is 3.46. The largest absolute Gasteiger partial charge is 0.478 e. The van der Waals surface area contributed by atoms with Gasteiger partial charge in [0.15, 0.2) is 0 Å². The van der Waals surface area contributed by atoms with Gasteiger partial charge in [0.2, 0.25) is 11.8 Å². The van der Waals surface area contributed by atoms with E-state index >= 15 is 0 Å². The number of anilines is 1. The molecule has 0 spiro atoms. The lowest BCUT2D eigenvalue weighted by molar-refractivity contribution is 0.305. The number of hydrogen-bond donors (Lipinski definition) is 1. The van der Waals surface area contributed by atoms with E-state index in [0.717, 1.165) is 16.6 Å². The van der Waals surface area contributed by atoms with E-state index in [1.807, 2.05) is 25.1 Å². The average molecular weight is 336 g/mol. The quantitative estimate of drug-likeness (QED) is 0.868. The molecule has 0 fully saturated rings. The monoisotopic (exact) mass is 335 g/mol. The SMILES string of the molecule is CCCOc1cc(C)nc(NCc2cccc(Br)c2)n1. The zero-order valence-corrected chi connectivity index (χ0v) is 13.3. The molecule has 0 saturated heterocycles. The summed E-state index contributed by atoms with van der Waals surface area (Å²) in [6.07, 6.45) is 0.962. The van der Waals surface area contributed by atoms with Crippen molar-refractivity contribution in [2.45, 2.75) is 26.8 Å². The number of rotatable bonds is 6. The first-order valence-electron chi connectivity index (χ1n) is 6.64. The van der Waals surface area contributed by atoms with E-state index < -0.39 is 0 Å². The van der Waals surface area contributed by atoms with E-state index in [1.165, 1.54) is 5.56 Å². The molecule has 0 saturated carbocycles. The first-order chi connectivity index (χ1) is 9.67. The Morgan fingerprint density at radius 2 is 2.10 bits per heavy atom. The minimum absolute atomic E-state index is 0.594. The van der Waals surface area contributed by atoms with Gasteiger partial charge in [-0.05, 0) is 31.0 Å². The molecular formula is C15H18BrN3O. The predicted octanol–water partition coefficient (Wildman–Crippen LogP) is 3.95. The Morgan fingerprint density at radius 3 is 2.85 bits per heavy atom. The highest BCUT2D eigenvalue weighted by atomic mass is 79.9. The number of hydrogen-bond acceptors (Lipinski definition) is 4. The fourth-order valence-corrected chi connectivity index (χ4v) is 2.17. The van der Waals surface area contributed by atoms with Crippen molar-refractivity contribution < 1.29 is 4.74 Å². The predicted molar refractivity (Wildman–Crippen MR) is 84.0 cm³/mol. The van der Waals surface area contributed by atoms with Crippen LogP contribution in [0, 0.1) is 6.92 Å². The van der Waals surface area contributed by atoms with Gasteiger partial charge in [-0.3, -0.25) is 0 Å². The van der Waals surface area contributed by atoms with E-state index in [9.17, 15) is 0 Å². The van der Waals surface area contributed by atoms with E-state index in [4.69, 9.17) is 4.74 Å². The van der Waals surface area contributed by atoms with E-state index in [2.05, 4.69) is 50.3 Å². The van der Waals surface area contributed by atoms with Crippen molar-refractivity contribution in [2.75, 3.05) is 11.9 Å². The minimum atomic E-state index is 0.594. The van der Waals surface area contributed by atoms with Gasteiger partial charge in [-0.15, -0.1) is 0 Å². The number of halogens is 1. The lowest BCUT2D eigenvalue weighted by Gasteiger charge is -2.09. The van der Waals surface area contributed by atoms with Gasteiger partial charge < -0.3 is 10.1 Å². The highest BCUT2D eigenvalue weighted by Crippen LogP contribution is 2.15. The Hall–Kier alpha value is -1.62. The zero-order valence-electron chi connectivity index (χ0n) is 11.7. The molecular weight excluding hydrogens is 318 g/mol. The van der Waals surface area contributed by atoms with Gasteiger partial charge in [0, 0.05) is 22.8 Å². The molecule has 2 aromatic rings. The molecule has 5 heteroatoms. The maximum absolute atomic E-state index is 5.55. The van der Waals surface area contributed by atoms with Gasteiger partial charge in [0.1, 0.15) is 0 Å². The summed E-state index contributed by atoms with van der Waals surface area (Å²) in [4.78, 5) is 8.72. The van der Waals surface area contributed by atoms with Crippen molar-refractivity contribution in [3.8, 4) is 5.88 Å². The highest BCUT2D eigenvalue weighted by Gasteiger charge is 2.03. The molecule has 106 valence electrons. The van der Waals surface area contributed by atoms with Crippen LogP contribution in [-0.4, -0.2) is 16.6 Å². The van der Waals surface area contributed by atoms with Gasteiger partial charge in [0.25, 0.3) is 0 Å².